The average molecular weight is 405 g/mol. The van der Waals surface area contributed by atoms with Gasteiger partial charge >= 0.3 is 5.97 Å². The molecule has 5 nitrogen and oxygen atoms in total. The fourth-order valence-corrected chi connectivity index (χ4v) is 4.09. The molecule has 1 saturated heterocycles. The number of aryl methyl sites for hydroxylation is 2. The molecule has 0 saturated carbocycles. The summed E-state index contributed by atoms with van der Waals surface area (Å²) in [5.74, 6) is -0.760. The molecule has 30 heavy (non-hydrogen) atoms. The molecule has 6 heteroatoms. The molecule has 1 aliphatic rings. The summed E-state index contributed by atoms with van der Waals surface area (Å²) in [5, 5.41) is 9.56. The van der Waals surface area contributed by atoms with Crippen LogP contribution in [0.5, 0.6) is 0 Å². The molecule has 0 spiro atoms. The van der Waals surface area contributed by atoms with E-state index in [1.54, 1.807) is 12.1 Å². The van der Waals surface area contributed by atoms with Crippen LogP contribution in [0.2, 0.25) is 0 Å². The number of carbonyl (C=O) groups is 1. The van der Waals surface area contributed by atoms with E-state index in [2.05, 4.69) is 27.0 Å². The average Bonchev–Trinajstić information content (AvgIpc) is 3.24. The largest absolute Gasteiger partial charge is 0.478 e. The van der Waals surface area contributed by atoms with E-state index in [0.29, 0.717) is 18.1 Å². The molecule has 2 heterocycles. The van der Waals surface area contributed by atoms with Crippen LogP contribution in [0.3, 0.4) is 0 Å². The third-order valence-corrected chi connectivity index (χ3v) is 5.55. The second-order valence-electron chi connectivity index (χ2n) is 7.58. The summed E-state index contributed by atoms with van der Waals surface area (Å²) in [6, 6.07) is 16.7. The highest BCUT2D eigenvalue weighted by Crippen LogP contribution is 2.35. The Morgan fingerprint density at radius 2 is 1.97 bits per heavy atom. The molecule has 0 unspecified atom stereocenters. The van der Waals surface area contributed by atoms with Crippen molar-refractivity contribution < 1.29 is 14.3 Å². The first kappa shape index (κ1) is 20.0. The van der Waals surface area contributed by atoms with Crippen molar-refractivity contribution in [3.63, 3.8) is 0 Å². The van der Waals surface area contributed by atoms with Gasteiger partial charge in [0.1, 0.15) is 5.82 Å². The van der Waals surface area contributed by atoms with Gasteiger partial charge in [-0.2, -0.15) is 0 Å². The minimum Gasteiger partial charge on any atom is -0.478 e. The first-order valence-corrected chi connectivity index (χ1v) is 10.3. The predicted octanol–water partition coefficient (Wildman–Crippen LogP) is 4.83. The summed E-state index contributed by atoms with van der Waals surface area (Å²) < 4.78 is 13.7. The van der Waals surface area contributed by atoms with Gasteiger partial charge in [-0.1, -0.05) is 42.5 Å². The maximum absolute atomic E-state index is 13.7. The molecule has 0 aliphatic carbocycles. The number of anilines is 1. The van der Waals surface area contributed by atoms with Crippen LogP contribution in [0, 0.1) is 5.82 Å². The number of aromatic nitrogens is 2. The molecule has 0 radical (unpaired) electrons. The van der Waals surface area contributed by atoms with Crippen LogP contribution < -0.4 is 4.90 Å². The quantitative estimate of drug-likeness (QED) is 0.610. The number of nitrogens with zero attached hydrogens (tertiary/aromatic N) is 3. The van der Waals surface area contributed by atoms with Crippen LogP contribution >= 0.6 is 0 Å². The summed E-state index contributed by atoms with van der Waals surface area (Å²) in [6.45, 7) is 0.761. The molecule has 3 aromatic rings. The van der Waals surface area contributed by atoms with Gasteiger partial charge in [0.2, 0.25) is 5.95 Å². The summed E-state index contributed by atoms with van der Waals surface area (Å²) in [6.07, 6.45) is 5.46. The van der Waals surface area contributed by atoms with Crippen LogP contribution in [0.25, 0.3) is 0 Å². The SMILES string of the molecule is O=C(O)c1cnc(N2CCC[C@H]2c2cccc(F)c2)nc1CCCc1ccccc1. The van der Waals surface area contributed by atoms with E-state index in [-0.39, 0.29) is 17.4 Å². The van der Waals surface area contributed by atoms with E-state index in [1.807, 2.05) is 24.3 Å². The van der Waals surface area contributed by atoms with E-state index in [4.69, 9.17) is 0 Å². The minimum atomic E-state index is -1.01. The lowest BCUT2D eigenvalue weighted by Gasteiger charge is -2.25. The van der Waals surface area contributed by atoms with Crippen LogP contribution in [-0.4, -0.2) is 27.6 Å². The number of carboxylic acid groups (broad SMARTS) is 1. The van der Waals surface area contributed by atoms with E-state index in [0.717, 1.165) is 37.8 Å². The Labute approximate surface area is 175 Å². The first-order valence-electron chi connectivity index (χ1n) is 10.3. The summed E-state index contributed by atoms with van der Waals surface area (Å²) in [5.41, 5.74) is 2.81. The van der Waals surface area contributed by atoms with Gasteiger partial charge in [0, 0.05) is 12.7 Å². The zero-order valence-electron chi connectivity index (χ0n) is 16.7. The Balaban J connectivity index is 1.56. The minimum absolute atomic E-state index is 0.00598. The Kier molecular flexibility index (Phi) is 6.02. The van der Waals surface area contributed by atoms with E-state index < -0.39 is 5.97 Å². The van der Waals surface area contributed by atoms with Gasteiger partial charge in [0.25, 0.3) is 0 Å². The molecule has 1 fully saturated rings. The van der Waals surface area contributed by atoms with Crippen LogP contribution in [-0.2, 0) is 12.8 Å². The van der Waals surface area contributed by atoms with Crippen LogP contribution in [0.4, 0.5) is 10.3 Å². The molecule has 1 aromatic heterocycles. The van der Waals surface area contributed by atoms with E-state index in [9.17, 15) is 14.3 Å². The van der Waals surface area contributed by atoms with Gasteiger partial charge in [-0.05, 0) is 55.4 Å². The van der Waals surface area contributed by atoms with Crippen molar-refractivity contribution in [2.75, 3.05) is 11.4 Å². The van der Waals surface area contributed by atoms with E-state index in [1.165, 1.54) is 17.8 Å². The van der Waals surface area contributed by atoms with Crippen LogP contribution in [0.1, 0.15) is 52.5 Å². The molecule has 4 rings (SSSR count). The molecular formula is C24H24FN3O2. The molecule has 0 amide bonds. The summed E-state index contributed by atoms with van der Waals surface area (Å²) >= 11 is 0. The second-order valence-corrected chi connectivity index (χ2v) is 7.58. The van der Waals surface area contributed by atoms with Gasteiger partial charge in [-0.15, -0.1) is 0 Å². The highest BCUT2D eigenvalue weighted by atomic mass is 19.1. The maximum atomic E-state index is 13.7. The summed E-state index contributed by atoms with van der Waals surface area (Å²) in [7, 11) is 0. The lowest BCUT2D eigenvalue weighted by molar-refractivity contribution is 0.0694. The molecule has 1 N–H and O–H groups in total. The fraction of sp³-hybridized carbons (Fsp3) is 0.292. The Bertz CT molecular complexity index is 1030. The van der Waals surface area contributed by atoms with Gasteiger partial charge in [-0.25, -0.2) is 19.2 Å². The Morgan fingerprint density at radius 1 is 1.13 bits per heavy atom. The number of halogens is 1. The van der Waals surface area contributed by atoms with Crippen molar-refractivity contribution in [1.29, 1.82) is 0 Å². The fourth-order valence-electron chi connectivity index (χ4n) is 4.09. The Morgan fingerprint density at radius 3 is 2.73 bits per heavy atom. The molecular weight excluding hydrogens is 381 g/mol. The highest BCUT2D eigenvalue weighted by Gasteiger charge is 2.29. The standard InChI is InChI=1S/C24H24FN3O2/c25-19-11-5-10-18(15-19)22-13-6-14-28(22)24-26-16-20(23(29)30)21(27-24)12-4-9-17-7-2-1-3-8-17/h1-3,5,7-8,10-11,15-16,22H,4,6,9,12-14H2,(H,29,30)/t22-/m0/s1. The third kappa shape index (κ3) is 4.48. The first-order chi connectivity index (χ1) is 14.6. The smallest absolute Gasteiger partial charge is 0.339 e. The number of aromatic carboxylic acids is 1. The lowest BCUT2D eigenvalue weighted by Crippen LogP contribution is -2.25. The molecule has 1 aliphatic heterocycles. The van der Waals surface area contributed by atoms with Gasteiger partial charge in [-0.3, -0.25) is 0 Å². The van der Waals surface area contributed by atoms with Crippen molar-refractivity contribution in [3.8, 4) is 0 Å². The number of hydrogen-bond acceptors (Lipinski definition) is 4. The van der Waals surface area contributed by atoms with Crippen molar-refractivity contribution in [1.82, 2.24) is 9.97 Å². The third-order valence-electron chi connectivity index (χ3n) is 5.55. The van der Waals surface area contributed by atoms with Crippen molar-refractivity contribution in [2.45, 2.75) is 38.1 Å². The zero-order valence-corrected chi connectivity index (χ0v) is 16.7. The molecule has 2 aromatic carbocycles. The highest BCUT2D eigenvalue weighted by molar-refractivity contribution is 5.88. The van der Waals surface area contributed by atoms with Gasteiger partial charge < -0.3 is 10.0 Å². The van der Waals surface area contributed by atoms with Gasteiger partial charge in [0.05, 0.1) is 17.3 Å². The number of benzene rings is 2. The Hall–Kier alpha value is -3.28. The van der Waals surface area contributed by atoms with Crippen molar-refractivity contribution in [3.05, 3.63) is 89.0 Å². The van der Waals surface area contributed by atoms with Crippen molar-refractivity contribution in [2.24, 2.45) is 0 Å². The monoisotopic (exact) mass is 405 g/mol. The zero-order chi connectivity index (χ0) is 20.9. The lowest BCUT2D eigenvalue weighted by atomic mass is 10.0. The molecule has 154 valence electrons. The second kappa shape index (κ2) is 9.03. The summed E-state index contributed by atoms with van der Waals surface area (Å²) in [4.78, 5) is 22.7. The van der Waals surface area contributed by atoms with Gasteiger partial charge in [0.15, 0.2) is 0 Å². The number of carboxylic acids is 1. The van der Waals surface area contributed by atoms with E-state index >= 15 is 0 Å². The normalized spacial score (nSPS) is 16.0. The number of rotatable bonds is 7. The molecule has 0 bridgehead atoms. The predicted molar refractivity (Wildman–Crippen MR) is 113 cm³/mol. The van der Waals surface area contributed by atoms with Crippen molar-refractivity contribution >= 4 is 11.9 Å². The maximum Gasteiger partial charge on any atom is 0.339 e. The number of hydrogen-bond donors (Lipinski definition) is 1. The van der Waals surface area contributed by atoms with Crippen LogP contribution in [0.15, 0.2) is 60.8 Å². The topological polar surface area (TPSA) is 66.3 Å². The molecule has 1 atom stereocenters.